The highest BCUT2D eigenvalue weighted by molar-refractivity contribution is 4.76. The highest BCUT2D eigenvalue weighted by Crippen LogP contribution is 2.25. The Morgan fingerprint density at radius 2 is 2.08 bits per heavy atom. The fourth-order valence-corrected chi connectivity index (χ4v) is 1.82. The van der Waals surface area contributed by atoms with Crippen molar-refractivity contribution in [1.82, 2.24) is 0 Å². The van der Waals surface area contributed by atoms with Crippen LogP contribution in [0.4, 0.5) is 0 Å². The van der Waals surface area contributed by atoms with Crippen LogP contribution in [0.25, 0.3) is 0 Å². The van der Waals surface area contributed by atoms with Crippen LogP contribution in [0, 0.1) is 5.92 Å². The standard InChI is InChI=1S/C9H19NO2/c1-11-7-12-9-5-3-2-4-8(9)6-10/h8-9H,2-7,10H2,1H3. The van der Waals surface area contributed by atoms with Gasteiger partial charge in [0.15, 0.2) is 0 Å². The van der Waals surface area contributed by atoms with Gasteiger partial charge < -0.3 is 15.2 Å². The second kappa shape index (κ2) is 5.51. The molecule has 72 valence electrons. The van der Waals surface area contributed by atoms with Gasteiger partial charge in [0, 0.05) is 7.11 Å². The molecule has 2 N–H and O–H groups in total. The van der Waals surface area contributed by atoms with Gasteiger partial charge in [-0.15, -0.1) is 0 Å². The summed E-state index contributed by atoms with van der Waals surface area (Å²) in [6.45, 7) is 1.15. The van der Waals surface area contributed by atoms with Gasteiger partial charge in [-0.05, 0) is 25.3 Å². The first-order chi connectivity index (χ1) is 5.88. The van der Waals surface area contributed by atoms with Gasteiger partial charge in [0.05, 0.1) is 6.10 Å². The first-order valence-corrected chi connectivity index (χ1v) is 4.69. The van der Waals surface area contributed by atoms with Crippen molar-refractivity contribution in [2.45, 2.75) is 31.8 Å². The summed E-state index contributed by atoms with van der Waals surface area (Å²) < 4.78 is 10.4. The van der Waals surface area contributed by atoms with Crippen molar-refractivity contribution in [3.05, 3.63) is 0 Å². The van der Waals surface area contributed by atoms with E-state index in [0.717, 1.165) is 13.0 Å². The van der Waals surface area contributed by atoms with Crippen LogP contribution in [0.2, 0.25) is 0 Å². The largest absolute Gasteiger partial charge is 0.359 e. The molecule has 1 fully saturated rings. The van der Waals surface area contributed by atoms with Gasteiger partial charge in [-0.1, -0.05) is 12.8 Å². The third-order valence-corrected chi connectivity index (χ3v) is 2.54. The van der Waals surface area contributed by atoms with Crippen molar-refractivity contribution in [2.24, 2.45) is 11.7 Å². The molecule has 0 aliphatic heterocycles. The normalized spacial score (nSPS) is 30.5. The van der Waals surface area contributed by atoms with Crippen LogP contribution in [0.5, 0.6) is 0 Å². The van der Waals surface area contributed by atoms with Crippen LogP contribution in [0.3, 0.4) is 0 Å². The lowest BCUT2D eigenvalue weighted by Gasteiger charge is -2.30. The van der Waals surface area contributed by atoms with E-state index in [1.54, 1.807) is 7.11 Å². The van der Waals surface area contributed by atoms with Gasteiger partial charge >= 0.3 is 0 Å². The van der Waals surface area contributed by atoms with Crippen LogP contribution in [-0.2, 0) is 9.47 Å². The minimum Gasteiger partial charge on any atom is -0.359 e. The molecule has 0 amide bonds. The van der Waals surface area contributed by atoms with Gasteiger partial charge in [0.2, 0.25) is 0 Å². The number of hydrogen-bond acceptors (Lipinski definition) is 3. The summed E-state index contributed by atoms with van der Waals surface area (Å²) in [5.74, 6) is 0.550. The Kier molecular flexibility index (Phi) is 4.58. The zero-order chi connectivity index (χ0) is 8.81. The van der Waals surface area contributed by atoms with E-state index in [1.165, 1.54) is 19.3 Å². The highest BCUT2D eigenvalue weighted by Gasteiger charge is 2.24. The SMILES string of the molecule is COCOC1CCCCC1CN. The maximum atomic E-state index is 5.64. The van der Waals surface area contributed by atoms with Crippen molar-refractivity contribution < 1.29 is 9.47 Å². The second-order valence-corrected chi connectivity index (χ2v) is 3.39. The van der Waals surface area contributed by atoms with E-state index in [4.69, 9.17) is 15.2 Å². The summed E-state index contributed by atoms with van der Waals surface area (Å²) in [5, 5.41) is 0. The fourth-order valence-electron chi connectivity index (χ4n) is 1.82. The van der Waals surface area contributed by atoms with E-state index in [2.05, 4.69) is 0 Å². The molecule has 2 atom stereocenters. The van der Waals surface area contributed by atoms with Crippen molar-refractivity contribution in [2.75, 3.05) is 20.4 Å². The molecule has 0 spiro atoms. The number of nitrogens with two attached hydrogens (primary N) is 1. The molecule has 12 heavy (non-hydrogen) atoms. The van der Waals surface area contributed by atoms with E-state index in [0.29, 0.717) is 18.8 Å². The Labute approximate surface area is 74.2 Å². The number of ether oxygens (including phenoxy) is 2. The molecule has 3 nitrogen and oxygen atoms in total. The molecule has 0 heterocycles. The topological polar surface area (TPSA) is 44.5 Å². The molecule has 0 aromatic carbocycles. The fraction of sp³-hybridized carbons (Fsp3) is 1.00. The van der Waals surface area contributed by atoms with Crippen LogP contribution in [0.1, 0.15) is 25.7 Å². The molecule has 0 radical (unpaired) electrons. The van der Waals surface area contributed by atoms with Gasteiger partial charge in [-0.2, -0.15) is 0 Å². The van der Waals surface area contributed by atoms with E-state index < -0.39 is 0 Å². The van der Waals surface area contributed by atoms with Crippen LogP contribution in [0.15, 0.2) is 0 Å². The highest BCUT2D eigenvalue weighted by atomic mass is 16.7. The first-order valence-electron chi connectivity index (χ1n) is 4.69. The summed E-state index contributed by atoms with van der Waals surface area (Å²) in [4.78, 5) is 0. The summed E-state index contributed by atoms with van der Waals surface area (Å²) >= 11 is 0. The Morgan fingerprint density at radius 1 is 1.33 bits per heavy atom. The molecular weight excluding hydrogens is 154 g/mol. The molecule has 1 aliphatic rings. The van der Waals surface area contributed by atoms with Crippen molar-refractivity contribution in [3.63, 3.8) is 0 Å². The quantitative estimate of drug-likeness (QED) is 0.648. The van der Waals surface area contributed by atoms with Gasteiger partial charge in [-0.3, -0.25) is 0 Å². The van der Waals surface area contributed by atoms with Gasteiger partial charge in [-0.25, -0.2) is 0 Å². The van der Waals surface area contributed by atoms with E-state index in [-0.39, 0.29) is 0 Å². The third kappa shape index (κ3) is 2.73. The van der Waals surface area contributed by atoms with Crippen molar-refractivity contribution in [1.29, 1.82) is 0 Å². The molecule has 0 bridgehead atoms. The first kappa shape index (κ1) is 9.96. The molecule has 1 rings (SSSR count). The van der Waals surface area contributed by atoms with Crippen molar-refractivity contribution in [3.8, 4) is 0 Å². The Morgan fingerprint density at radius 3 is 2.75 bits per heavy atom. The third-order valence-electron chi connectivity index (χ3n) is 2.54. The summed E-state index contributed by atoms with van der Waals surface area (Å²) in [7, 11) is 1.65. The Bertz CT molecular complexity index is 119. The number of rotatable bonds is 4. The average Bonchev–Trinajstić information content (AvgIpc) is 2.15. The average molecular weight is 173 g/mol. The molecule has 0 aromatic rings. The molecule has 1 aliphatic carbocycles. The summed E-state index contributed by atoms with van der Waals surface area (Å²) in [6.07, 6.45) is 5.26. The smallest absolute Gasteiger partial charge is 0.146 e. The molecule has 1 saturated carbocycles. The predicted octanol–water partition coefficient (Wildman–Crippen LogP) is 1.12. The summed E-state index contributed by atoms with van der Waals surface area (Å²) in [6, 6.07) is 0. The minimum atomic E-state index is 0.337. The molecule has 3 heteroatoms. The maximum Gasteiger partial charge on any atom is 0.146 e. The predicted molar refractivity (Wildman–Crippen MR) is 47.8 cm³/mol. The lowest BCUT2D eigenvalue weighted by Crippen LogP contribution is -2.33. The molecule has 0 aromatic heterocycles. The zero-order valence-corrected chi connectivity index (χ0v) is 7.79. The summed E-state index contributed by atoms with van der Waals surface area (Å²) in [5.41, 5.74) is 5.64. The maximum absolute atomic E-state index is 5.64. The molecule has 2 unspecified atom stereocenters. The van der Waals surface area contributed by atoms with Crippen LogP contribution in [-0.4, -0.2) is 26.6 Å². The lowest BCUT2D eigenvalue weighted by molar-refractivity contribution is -0.100. The minimum absolute atomic E-state index is 0.337. The van der Waals surface area contributed by atoms with Gasteiger partial charge in [0.25, 0.3) is 0 Å². The van der Waals surface area contributed by atoms with Crippen LogP contribution >= 0.6 is 0 Å². The zero-order valence-electron chi connectivity index (χ0n) is 7.79. The van der Waals surface area contributed by atoms with Crippen molar-refractivity contribution >= 4 is 0 Å². The number of hydrogen-bond donors (Lipinski definition) is 1. The molecular formula is C9H19NO2. The monoisotopic (exact) mass is 173 g/mol. The van der Waals surface area contributed by atoms with E-state index in [1.807, 2.05) is 0 Å². The van der Waals surface area contributed by atoms with Gasteiger partial charge in [0.1, 0.15) is 6.79 Å². The Hall–Kier alpha value is -0.120. The second-order valence-electron chi connectivity index (χ2n) is 3.39. The number of methoxy groups -OCH3 is 1. The lowest BCUT2D eigenvalue weighted by atomic mass is 9.86. The van der Waals surface area contributed by atoms with E-state index in [9.17, 15) is 0 Å². The van der Waals surface area contributed by atoms with Crippen LogP contribution < -0.4 is 5.73 Å². The molecule has 0 saturated heterocycles. The van der Waals surface area contributed by atoms with E-state index >= 15 is 0 Å². The Balaban J connectivity index is 2.26.